The summed E-state index contributed by atoms with van der Waals surface area (Å²) in [4.78, 5) is 20.4. The van der Waals surface area contributed by atoms with Crippen molar-refractivity contribution in [2.45, 2.75) is 17.7 Å². The molecular formula is C20H21N3O2S. The minimum absolute atomic E-state index is 0.0190. The zero-order chi connectivity index (χ0) is 17.9. The third kappa shape index (κ3) is 3.42. The number of carbonyl (C=O) groups excluding carboxylic acids is 1. The van der Waals surface area contributed by atoms with E-state index in [0.29, 0.717) is 6.01 Å². The Bertz CT molecular complexity index is 883. The van der Waals surface area contributed by atoms with Crippen molar-refractivity contribution in [1.29, 1.82) is 0 Å². The van der Waals surface area contributed by atoms with E-state index in [1.165, 1.54) is 0 Å². The molecule has 0 radical (unpaired) electrons. The van der Waals surface area contributed by atoms with Gasteiger partial charge >= 0.3 is 0 Å². The Labute approximate surface area is 156 Å². The molecule has 6 heteroatoms. The molecule has 4 rings (SSSR count). The molecule has 2 heterocycles. The Morgan fingerprint density at radius 1 is 1.15 bits per heavy atom. The van der Waals surface area contributed by atoms with Crippen molar-refractivity contribution in [2.75, 3.05) is 29.6 Å². The van der Waals surface area contributed by atoms with E-state index < -0.39 is 0 Å². The first-order valence-corrected chi connectivity index (χ1v) is 10.0. The maximum absolute atomic E-state index is 12.6. The lowest BCUT2D eigenvalue weighted by atomic mass is 9.96. The Kier molecular flexibility index (Phi) is 4.84. The van der Waals surface area contributed by atoms with Crippen molar-refractivity contribution >= 4 is 40.5 Å². The SMILES string of the molecule is CSc1ccccc1NC(=O)C1CCN(c2nc3ccccc3o2)CC1. The van der Waals surface area contributed by atoms with Gasteiger partial charge in [-0.05, 0) is 43.4 Å². The maximum atomic E-state index is 12.6. The number of benzene rings is 2. The number of thioether (sulfide) groups is 1. The summed E-state index contributed by atoms with van der Waals surface area (Å²) in [5.41, 5.74) is 2.57. The molecule has 0 aliphatic carbocycles. The number of carbonyl (C=O) groups is 1. The zero-order valence-electron chi connectivity index (χ0n) is 14.6. The van der Waals surface area contributed by atoms with Crippen LogP contribution in [-0.4, -0.2) is 30.2 Å². The molecule has 1 aromatic heterocycles. The van der Waals surface area contributed by atoms with E-state index in [4.69, 9.17) is 4.42 Å². The molecule has 0 unspecified atom stereocenters. The van der Waals surface area contributed by atoms with Gasteiger partial charge in [0.2, 0.25) is 5.91 Å². The molecule has 2 aromatic carbocycles. The number of aromatic nitrogens is 1. The Hall–Kier alpha value is -2.47. The van der Waals surface area contributed by atoms with Crippen LogP contribution in [0.2, 0.25) is 0 Å². The van der Waals surface area contributed by atoms with Gasteiger partial charge in [0.05, 0.1) is 5.69 Å². The number of nitrogens with one attached hydrogen (secondary N) is 1. The van der Waals surface area contributed by atoms with Crippen LogP contribution >= 0.6 is 11.8 Å². The number of hydrogen-bond acceptors (Lipinski definition) is 5. The topological polar surface area (TPSA) is 58.4 Å². The largest absolute Gasteiger partial charge is 0.423 e. The van der Waals surface area contributed by atoms with Crippen LogP contribution in [0.25, 0.3) is 11.1 Å². The number of oxazole rings is 1. The smallest absolute Gasteiger partial charge is 0.298 e. The van der Waals surface area contributed by atoms with Crippen molar-refractivity contribution in [1.82, 2.24) is 4.98 Å². The average molecular weight is 367 g/mol. The highest BCUT2D eigenvalue weighted by atomic mass is 32.2. The lowest BCUT2D eigenvalue weighted by Crippen LogP contribution is -2.38. The van der Waals surface area contributed by atoms with Gasteiger partial charge in [0.25, 0.3) is 6.01 Å². The summed E-state index contributed by atoms with van der Waals surface area (Å²) in [7, 11) is 0. The molecular weight excluding hydrogens is 346 g/mol. The molecule has 134 valence electrons. The summed E-state index contributed by atoms with van der Waals surface area (Å²) < 4.78 is 5.84. The molecule has 1 aliphatic rings. The molecule has 0 spiro atoms. The summed E-state index contributed by atoms with van der Waals surface area (Å²) in [6.45, 7) is 1.55. The lowest BCUT2D eigenvalue weighted by molar-refractivity contribution is -0.120. The van der Waals surface area contributed by atoms with Crippen LogP contribution in [0.4, 0.5) is 11.7 Å². The summed E-state index contributed by atoms with van der Waals surface area (Å²) in [5, 5.41) is 3.09. The predicted octanol–water partition coefficient (Wildman–Crippen LogP) is 4.40. The van der Waals surface area contributed by atoms with Crippen LogP contribution in [0.1, 0.15) is 12.8 Å². The van der Waals surface area contributed by atoms with E-state index in [2.05, 4.69) is 15.2 Å². The first-order chi connectivity index (χ1) is 12.7. The number of anilines is 2. The Morgan fingerprint density at radius 2 is 1.88 bits per heavy atom. The van der Waals surface area contributed by atoms with Gasteiger partial charge in [-0.1, -0.05) is 24.3 Å². The Morgan fingerprint density at radius 3 is 2.65 bits per heavy atom. The first-order valence-electron chi connectivity index (χ1n) is 8.79. The summed E-state index contributed by atoms with van der Waals surface area (Å²) in [5.74, 6) is 0.120. The monoisotopic (exact) mass is 367 g/mol. The number of piperidine rings is 1. The van der Waals surface area contributed by atoms with E-state index in [1.807, 2.05) is 54.8 Å². The van der Waals surface area contributed by atoms with Gasteiger partial charge in [-0.2, -0.15) is 4.98 Å². The van der Waals surface area contributed by atoms with Gasteiger partial charge in [0.15, 0.2) is 5.58 Å². The molecule has 0 saturated carbocycles. The molecule has 3 aromatic rings. The van der Waals surface area contributed by atoms with Crippen LogP contribution in [0.15, 0.2) is 57.8 Å². The number of hydrogen-bond donors (Lipinski definition) is 1. The number of amides is 1. The second kappa shape index (κ2) is 7.41. The summed E-state index contributed by atoms with van der Waals surface area (Å²) in [6.07, 6.45) is 3.61. The van der Waals surface area contributed by atoms with E-state index in [0.717, 1.165) is 47.6 Å². The van der Waals surface area contributed by atoms with Crippen molar-refractivity contribution in [2.24, 2.45) is 5.92 Å². The van der Waals surface area contributed by atoms with Crippen LogP contribution in [0.3, 0.4) is 0 Å². The second-order valence-electron chi connectivity index (χ2n) is 6.42. The van der Waals surface area contributed by atoms with E-state index in [9.17, 15) is 4.79 Å². The molecule has 1 aliphatic heterocycles. The van der Waals surface area contributed by atoms with Crippen LogP contribution in [-0.2, 0) is 4.79 Å². The normalized spacial score (nSPS) is 15.3. The fourth-order valence-electron chi connectivity index (χ4n) is 3.31. The third-order valence-corrected chi connectivity index (χ3v) is 5.58. The zero-order valence-corrected chi connectivity index (χ0v) is 15.5. The van der Waals surface area contributed by atoms with E-state index >= 15 is 0 Å². The summed E-state index contributed by atoms with van der Waals surface area (Å²) in [6, 6.07) is 16.3. The fraction of sp³-hybridized carbons (Fsp3) is 0.300. The molecule has 1 fully saturated rings. The van der Waals surface area contributed by atoms with Gasteiger partial charge in [0.1, 0.15) is 5.52 Å². The fourth-order valence-corrected chi connectivity index (χ4v) is 3.86. The van der Waals surface area contributed by atoms with Crippen molar-refractivity contribution in [3.8, 4) is 0 Å². The van der Waals surface area contributed by atoms with E-state index in [1.54, 1.807) is 11.8 Å². The molecule has 1 saturated heterocycles. The van der Waals surface area contributed by atoms with Crippen LogP contribution < -0.4 is 10.2 Å². The Balaban J connectivity index is 1.39. The minimum atomic E-state index is 0.0190. The molecule has 26 heavy (non-hydrogen) atoms. The highest BCUT2D eigenvalue weighted by Crippen LogP contribution is 2.29. The first kappa shape index (κ1) is 17.0. The molecule has 1 amide bonds. The second-order valence-corrected chi connectivity index (χ2v) is 7.26. The predicted molar refractivity (Wildman–Crippen MR) is 106 cm³/mol. The van der Waals surface area contributed by atoms with Crippen molar-refractivity contribution in [3.63, 3.8) is 0 Å². The van der Waals surface area contributed by atoms with Gasteiger partial charge in [0, 0.05) is 23.9 Å². The van der Waals surface area contributed by atoms with Gasteiger partial charge in [-0.3, -0.25) is 4.79 Å². The number of rotatable bonds is 4. The number of nitrogens with zero attached hydrogens (tertiary/aromatic N) is 2. The van der Waals surface area contributed by atoms with Gasteiger partial charge in [-0.25, -0.2) is 0 Å². The third-order valence-electron chi connectivity index (χ3n) is 4.78. The van der Waals surface area contributed by atoms with Gasteiger partial charge < -0.3 is 14.6 Å². The molecule has 0 bridgehead atoms. The standard InChI is InChI=1S/C20H21N3O2S/c1-26-18-9-5-3-7-16(18)21-19(24)14-10-12-23(13-11-14)20-22-15-6-2-4-8-17(15)25-20/h2-9,14H,10-13H2,1H3,(H,21,24). The highest BCUT2D eigenvalue weighted by molar-refractivity contribution is 7.98. The quantitative estimate of drug-likeness (QED) is 0.693. The van der Waals surface area contributed by atoms with Crippen molar-refractivity contribution < 1.29 is 9.21 Å². The minimum Gasteiger partial charge on any atom is -0.423 e. The van der Waals surface area contributed by atoms with E-state index in [-0.39, 0.29) is 11.8 Å². The molecule has 5 nitrogen and oxygen atoms in total. The highest BCUT2D eigenvalue weighted by Gasteiger charge is 2.27. The number of para-hydroxylation sites is 3. The summed E-state index contributed by atoms with van der Waals surface area (Å²) >= 11 is 1.64. The van der Waals surface area contributed by atoms with Crippen LogP contribution in [0.5, 0.6) is 0 Å². The van der Waals surface area contributed by atoms with Gasteiger partial charge in [-0.15, -0.1) is 11.8 Å². The molecule has 1 N–H and O–H groups in total. The maximum Gasteiger partial charge on any atom is 0.298 e. The lowest BCUT2D eigenvalue weighted by Gasteiger charge is -2.30. The number of fused-ring (bicyclic) bond motifs is 1. The van der Waals surface area contributed by atoms with Crippen LogP contribution in [0, 0.1) is 5.92 Å². The van der Waals surface area contributed by atoms with Crippen molar-refractivity contribution in [3.05, 3.63) is 48.5 Å². The average Bonchev–Trinajstić information content (AvgIpc) is 3.13. The molecule has 0 atom stereocenters.